The molecule has 0 aromatic carbocycles. The summed E-state index contributed by atoms with van der Waals surface area (Å²) in [6.45, 7) is 0.681. The number of nitrogens with zero attached hydrogens (tertiary/aromatic N) is 5. The molecule has 9 nitrogen and oxygen atoms in total. The third kappa shape index (κ3) is 5.15. The van der Waals surface area contributed by atoms with Gasteiger partial charge in [-0.05, 0) is 43.9 Å². The van der Waals surface area contributed by atoms with Gasteiger partial charge in [0.15, 0.2) is 5.82 Å². The Morgan fingerprint density at radius 1 is 1.27 bits per heavy atom. The first-order valence-electron chi connectivity index (χ1n) is 10.8. The van der Waals surface area contributed by atoms with Crippen molar-refractivity contribution in [1.82, 2.24) is 25.1 Å². The van der Waals surface area contributed by atoms with Crippen LogP contribution in [0.3, 0.4) is 0 Å². The van der Waals surface area contributed by atoms with Crippen molar-refractivity contribution in [3.8, 4) is 6.07 Å². The molecule has 1 fully saturated rings. The van der Waals surface area contributed by atoms with Gasteiger partial charge in [-0.15, -0.1) is 0 Å². The Kier molecular flexibility index (Phi) is 6.60. The predicted octanol–water partition coefficient (Wildman–Crippen LogP) is 3.00. The Labute approximate surface area is 190 Å². The summed E-state index contributed by atoms with van der Waals surface area (Å²) in [6, 6.07) is 11.2. The molecule has 0 radical (unpaired) electrons. The Morgan fingerprint density at radius 2 is 2.09 bits per heavy atom. The van der Waals surface area contributed by atoms with Crippen molar-refractivity contribution in [2.45, 2.75) is 50.2 Å². The molecule has 10 heteroatoms. The molecule has 1 amide bonds. The van der Waals surface area contributed by atoms with Crippen molar-refractivity contribution in [3.05, 3.63) is 66.1 Å². The van der Waals surface area contributed by atoms with Crippen LogP contribution in [0, 0.1) is 17.3 Å². The van der Waals surface area contributed by atoms with Gasteiger partial charge in [-0.3, -0.25) is 14.5 Å². The number of amides is 1. The fourth-order valence-corrected chi connectivity index (χ4v) is 4.25. The van der Waals surface area contributed by atoms with Gasteiger partial charge in [-0.25, -0.2) is 4.98 Å². The van der Waals surface area contributed by atoms with Crippen LogP contribution >= 0.6 is 0 Å². The van der Waals surface area contributed by atoms with Gasteiger partial charge in [-0.2, -0.15) is 14.8 Å². The SMILES string of the molecule is N#CCC1(n2cc(C(N)=O)c(Nc3ccnc(F)c3)n2)CCC(NCc2ccccn2)CC1. The highest BCUT2D eigenvalue weighted by molar-refractivity contribution is 5.98. The van der Waals surface area contributed by atoms with E-state index in [1.807, 2.05) is 18.2 Å². The summed E-state index contributed by atoms with van der Waals surface area (Å²) in [5.41, 5.74) is 6.58. The summed E-state index contributed by atoms with van der Waals surface area (Å²) >= 11 is 0. The molecule has 0 spiro atoms. The number of carbonyl (C=O) groups excluding carboxylic acids is 1. The lowest BCUT2D eigenvalue weighted by Crippen LogP contribution is -2.43. The first kappa shape index (κ1) is 22.4. The zero-order valence-corrected chi connectivity index (χ0v) is 18.0. The molecule has 4 rings (SSSR count). The van der Waals surface area contributed by atoms with Crippen LogP contribution in [-0.4, -0.2) is 31.7 Å². The van der Waals surface area contributed by atoms with Crippen molar-refractivity contribution in [1.29, 1.82) is 5.26 Å². The second-order valence-corrected chi connectivity index (χ2v) is 8.23. The molecular weight excluding hydrogens is 423 g/mol. The molecule has 33 heavy (non-hydrogen) atoms. The average Bonchev–Trinajstić information content (AvgIpc) is 3.24. The van der Waals surface area contributed by atoms with E-state index in [4.69, 9.17) is 5.73 Å². The number of rotatable bonds is 8. The van der Waals surface area contributed by atoms with Gasteiger partial charge >= 0.3 is 0 Å². The number of carbonyl (C=O) groups is 1. The van der Waals surface area contributed by atoms with Crippen LogP contribution in [0.5, 0.6) is 0 Å². The lowest BCUT2D eigenvalue weighted by molar-refractivity contribution is 0.1000. The number of nitrogens with two attached hydrogens (primary N) is 1. The Hall–Kier alpha value is -3.84. The average molecular weight is 449 g/mol. The predicted molar refractivity (Wildman–Crippen MR) is 120 cm³/mol. The topological polar surface area (TPSA) is 135 Å². The molecular formula is C23H25FN8O. The molecule has 3 aromatic heterocycles. The second-order valence-electron chi connectivity index (χ2n) is 8.23. The normalized spacial score (nSPS) is 20.2. The van der Waals surface area contributed by atoms with Gasteiger partial charge in [0.05, 0.1) is 23.7 Å². The monoisotopic (exact) mass is 448 g/mol. The number of aromatic nitrogens is 4. The van der Waals surface area contributed by atoms with Gasteiger partial charge in [0.1, 0.15) is 5.56 Å². The second kappa shape index (κ2) is 9.75. The minimum atomic E-state index is -0.656. The Bertz CT molecular complexity index is 1150. The van der Waals surface area contributed by atoms with E-state index in [-0.39, 0.29) is 17.8 Å². The maximum Gasteiger partial charge on any atom is 0.254 e. The standard InChI is InChI=1S/C23H25FN8O/c24-20-13-17(6-12-28-20)30-22-19(21(26)33)15-32(31-22)23(9-10-25)7-4-16(5-8-23)29-14-18-3-1-2-11-27-18/h1-3,6,11-13,15-16,29H,4-5,7-9,14H2,(H2,26,33)(H,28,30,31). The number of hydrogen-bond acceptors (Lipinski definition) is 7. The van der Waals surface area contributed by atoms with Gasteiger partial charge in [-0.1, -0.05) is 6.07 Å². The zero-order chi connectivity index (χ0) is 23.3. The van der Waals surface area contributed by atoms with E-state index in [0.29, 0.717) is 31.1 Å². The van der Waals surface area contributed by atoms with E-state index in [2.05, 4.69) is 31.8 Å². The number of nitriles is 1. The molecule has 0 unspecified atom stereocenters. The van der Waals surface area contributed by atoms with E-state index in [1.165, 1.54) is 12.3 Å². The van der Waals surface area contributed by atoms with E-state index < -0.39 is 17.4 Å². The van der Waals surface area contributed by atoms with E-state index in [0.717, 1.165) is 18.5 Å². The van der Waals surface area contributed by atoms with Crippen molar-refractivity contribution >= 4 is 17.4 Å². The molecule has 0 bridgehead atoms. The number of nitrogens with one attached hydrogen (secondary N) is 2. The molecule has 170 valence electrons. The molecule has 1 aliphatic carbocycles. The largest absolute Gasteiger partial charge is 0.365 e. The van der Waals surface area contributed by atoms with Crippen LogP contribution in [0.2, 0.25) is 0 Å². The molecule has 0 atom stereocenters. The fourth-order valence-electron chi connectivity index (χ4n) is 4.25. The smallest absolute Gasteiger partial charge is 0.254 e. The maximum atomic E-state index is 13.5. The minimum absolute atomic E-state index is 0.180. The molecule has 1 aliphatic rings. The van der Waals surface area contributed by atoms with Crippen LogP contribution in [-0.2, 0) is 12.1 Å². The minimum Gasteiger partial charge on any atom is -0.365 e. The summed E-state index contributed by atoms with van der Waals surface area (Å²) < 4.78 is 15.2. The molecule has 1 saturated carbocycles. The van der Waals surface area contributed by atoms with E-state index in [1.54, 1.807) is 23.1 Å². The maximum absolute atomic E-state index is 13.5. The Balaban J connectivity index is 1.51. The third-order valence-corrected chi connectivity index (χ3v) is 6.08. The first-order chi connectivity index (χ1) is 16.0. The fraction of sp³-hybridized carbons (Fsp3) is 0.348. The van der Waals surface area contributed by atoms with Crippen LogP contribution < -0.4 is 16.4 Å². The summed E-state index contributed by atoms with van der Waals surface area (Å²) in [5.74, 6) is -1.09. The van der Waals surface area contributed by atoms with Gasteiger partial charge < -0.3 is 16.4 Å². The molecule has 0 aliphatic heterocycles. The number of anilines is 2. The lowest BCUT2D eigenvalue weighted by Gasteiger charge is -2.39. The third-order valence-electron chi connectivity index (χ3n) is 6.08. The number of pyridine rings is 2. The highest BCUT2D eigenvalue weighted by atomic mass is 19.1. The van der Waals surface area contributed by atoms with Crippen molar-refractivity contribution < 1.29 is 9.18 Å². The summed E-state index contributed by atoms with van der Waals surface area (Å²) in [5, 5.41) is 20.6. The molecule has 3 aromatic rings. The molecule has 0 saturated heterocycles. The van der Waals surface area contributed by atoms with Crippen molar-refractivity contribution in [2.75, 3.05) is 5.32 Å². The summed E-state index contributed by atoms with van der Waals surface area (Å²) in [7, 11) is 0. The quantitative estimate of drug-likeness (QED) is 0.451. The number of halogens is 1. The molecule has 4 N–H and O–H groups in total. The Morgan fingerprint density at radius 3 is 2.76 bits per heavy atom. The molecule has 3 heterocycles. The van der Waals surface area contributed by atoms with Gasteiger partial charge in [0.25, 0.3) is 5.91 Å². The lowest BCUT2D eigenvalue weighted by atomic mass is 9.77. The zero-order valence-electron chi connectivity index (χ0n) is 18.0. The van der Waals surface area contributed by atoms with Gasteiger partial charge in [0, 0.05) is 42.9 Å². The van der Waals surface area contributed by atoms with Crippen molar-refractivity contribution in [2.24, 2.45) is 5.73 Å². The highest BCUT2D eigenvalue weighted by Crippen LogP contribution is 2.38. The summed E-state index contributed by atoms with van der Waals surface area (Å²) in [6.07, 6.45) is 8.04. The van der Waals surface area contributed by atoms with E-state index >= 15 is 0 Å². The van der Waals surface area contributed by atoms with Gasteiger partial charge in [0.2, 0.25) is 5.95 Å². The van der Waals surface area contributed by atoms with Crippen LogP contribution in [0.1, 0.15) is 48.2 Å². The van der Waals surface area contributed by atoms with Crippen LogP contribution in [0.25, 0.3) is 0 Å². The number of hydrogen-bond donors (Lipinski definition) is 3. The summed E-state index contributed by atoms with van der Waals surface area (Å²) in [4.78, 5) is 19.9. The first-order valence-corrected chi connectivity index (χ1v) is 10.8. The van der Waals surface area contributed by atoms with Crippen molar-refractivity contribution in [3.63, 3.8) is 0 Å². The number of primary amides is 1. The van der Waals surface area contributed by atoms with Crippen LogP contribution in [0.4, 0.5) is 15.9 Å². The van der Waals surface area contributed by atoms with Crippen LogP contribution in [0.15, 0.2) is 48.9 Å². The van der Waals surface area contributed by atoms with E-state index in [9.17, 15) is 14.4 Å². The highest BCUT2D eigenvalue weighted by Gasteiger charge is 2.38.